The van der Waals surface area contributed by atoms with Crippen molar-refractivity contribution < 1.29 is 9.84 Å². The van der Waals surface area contributed by atoms with Crippen molar-refractivity contribution >= 4 is 0 Å². The number of allylic oxidation sites excluding steroid dienone is 2. The Morgan fingerprint density at radius 1 is 0.421 bits per heavy atom. The van der Waals surface area contributed by atoms with Crippen LogP contribution in [0.1, 0.15) is 206 Å². The fourth-order valence-electron chi connectivity index (χ4n) is 5.34. The smallest absolute Gasteiger partial charge is 0.154 e. The molecule has 0 bridgehead atoms. The molecule has 1 unspecified atom stereocenters. The molecule has 2 nitrogen and oxygen atoms in total. The predicted octanol–water partition coefficient (Wildman–Crippen LogP) is 12.6. The Morgan fingerprint density at radius 3 is 1.13 bits per heavy atom. The summed E-state index contributed by atoms with van der Waals surface area (Å²) in [4.78, 5) is 0. The maximum Gasteiger partial charge on any atom is 0.154 e. The summed E-state index contributed by atoms with van der Waals surface area (Å²) in [6.07, 6.45) is 44.4. The number of ether oxygens (including phenoxy) is 1. The first kappa shape index (κ1) is 37.7. The fourth-order valence-corrected chi connectivity index (χ4v) is 5.34. The molecule has 0 aromatic heterocycles. The third-order valence-corrected chi connectivity index (χ3v) is 8.02. The number of rotatable bonds is 33. The monoisotopic (exact) mass is 537 g/mol. The Kier molecular flexibility index (Phi) is 34.4. The summed E-state index contributed by atoms with van der Waals surface area (Å²) in [6.45, 7) is 5.30. The number of hydrogen-bond acceptors (Lipinski definition) is 2. The molecule has 0 fully saturated rings. The van der Waals surface area contributed by atoms with Gasteiger partial charge in [0.1, 0.15) is 0 Å². The van der Waals surface area contributed by atoms with Crippen molar-refractivity contribution in [3.63, 3.8) is 0 Å². The van der Waals surface area contributed by atoms with Crippen LogP contribution < -0.4 is 0 Å². The van der Waals surface area contributed by atoms with Gasteiger partial charge in [0.25, 0.3) is 0 Å². The second-order valence-electron chi connectivity index (χ2n) is 12.0. The summed E-state index contributed by atoms with van der Waals surface area (Å²) in [5.74, 6) is 0. The highest BCUT2D eigenvalue weighted by Crippen LogP contribution is 2.15. The minimum atomic E-state index is -0.542. The van der Waals surface area contributed by atoms with E-state index in [-0.39, 0.29) is 0 Å². The van der Waals surface area contributed by atoms with Crippen LogP contribution in [0.25, 0.3) is 0 Å². The quantitative estimate of drug-likeness (QED) is 0.0513. The third-order valence-electron chi connectivity index (χ3n) is 8.02. The Hall–Kier alpha value is -0.340. The second-order valence-corrected chi connectivity index (χ2v) is 12.0. The van der Waals surface area contributed by atoms with Crippen molar-refractivity contribution in [3.8, 4) is 0 Å². The molecule has 0 radical (unpaired) electrons. The van der Waals surface area contributed by atoms with Gasteiger partial charge in [0, 0.05) is 6.61 Å². The van der Waals surface area contributed by atoms with Crippen LogP contribution in [-0.2, 0) is 4.74 Å². The fraction of sp³-hybridized carbons (Fsp3) is 0.944. The first-order valence-electron chi connectivity index (χ1n) is 17.8. The Labute approximate surface area is 241 Å². The Balaban J connectivity index is 3.18. The molecule has 0 spiro atoms. The van der Waals surface area contributed by atoms with E-state index in [1.807, 2.05) is 0 Å². The molecule has 0 aromatic carbocycles. The van der Waals surface area contributed by atoms with Gasteiger partial charge in [-0.3, -0.25) is 0 Å². The SMILES string of the molecule is CCCCCCCC/C=C\CCCCCCCCOC(O)CCCCCCCCCCCCCCCCC. The Morgan fingerprint density at radius 2 is 0.737 bits per heavy atom. The summed E-state index contributed by atoms with van der Waals surface area (Å²) in [7, 11) is 0. The standard InChI is InChI=1S/C36H72O2/c1-3-5-7-9-11-13-15-17-19-21-23-25-27-29-31-33-35-38-36(37)34-32-30-28-26-24-22-20-18-16-14-12-10-8-6-4-2/h17,19,36-37H,3-16,18,20-35H2,1-2H3/b19-17-. The number of hydrogen-bond donors (Lipinski definition) is 1. The zero-order chi connectivity index (χ0) is 27.6. The largest absolute Gasteiger partial charge is 0.368 e. The van der Waals surface area contributed by atoms with Crippen LogP contribution in [0, 0.1) is 0 Å². The van der Waals surface area contributed by atoms with Crippen molar-refractivity contribution in [3.05, 3.63) is 12.2 Å². The van der Waals surface area contributed by atoms with E-state index >= 15 is 0 Å². The van der Waals surface area contributed by atoms with E-state index in [0.717, 1.165) is 25.9 Å². The van der Waals surface area contributed by atoms with Crippen LogP contribution in [0.5, 0.6) is 0 Å². The molecule has 0 aromatic rings. The second kappa shape index (κ2) is 34.7. The van der Waals surface area contributed by atoms with E-state index in [9.17, 15) is 5.11 Å². The molecule has 1 atom stereocenters. The van der Waals surface area contributed by atoms with Crippen molar-refractivity contribution in [2.45, 2.75) is 213 Å². The van der Waals surface area contributed by atoms with Gasteiger partial charge in [-0.15, -0.1) is 0 Å². The van der Waals surface area contributed by atoms with Crippen LogP contribution in [0.3, 0.4) is 0 Å². The first-order valence-corrected chi connectivity index (χ1v) is 17.8. The van der Waals surface area contributed by atoms with Crippen LogP contribution in [0.4, 0.5) is 0 Å². The first-order chi connectivity index (χ1) is 18.8. The lowest BCUT2D eigenvalue weighted by atomic mass is 10.0. The van der Waals surface area contributed by atoms with E-state index in [1.165, 1.54) is 173 Å². The number of unbranched alkanes of at least 4 members (excludes halogenated alkanes) is 26. The lowest BCUT2D eigenvalue weighted by molar-refractivity contribution is -0.105. The Bertz CT molecular complexity index is 433. The summed E-state index contributed by atoms with van der Waals surface area (Å²) in [6, 6.07) is 0. The number of aliphatic hydroxyl groups is 1. The highest BCUT2D eigenvalue weighted by molar-refractivity contribution is 4.81. The van der Waals surface area contributed by atoms with Gasteiger partial charge in [-0.2, -0.15) is 0 Å². The summed E-state index contributed by atoms with van der Waals surface area (Å²) in [5.41, 5.74) is 0. The highest BCUT2D eigenvalue weighted by Gasteiger charge is 2.03. The van der Waals surface area contributed by atoms with Crippen molar-refractivity contribution in [2.24, 2.45) is 0 Å². The van der Waals surface area contributed by atoms with Gasteiger partial charge < -0.3 is 9.84 Å². The molecule has 0 aliphatic rings. The molecule has 1 N–H and O–H groups in total. The van der Waals surface area contributed by atoms with Crippen LogP contribution >= 0.6 is 0 Å². The highest BCUT2D eigenvalue weighted by atomic mass is 16.6. The van der Waals surface area contributed by atoms with Gasteiger partial charge in [-0.05, 0) is 44.9 Å². The van der Waals surface area contributed by atoms with E-state index in [4.69, 9.17) is 4.74 Å². The third kappa shape index (κ3) is 33.7. The molecule has 0 saturated heterocycles. The number of aliphatic hydroxyl groups excluding tert-OH is 1. The van der Waals surface area contributed by atoms with Crippen molar-refractivity contribution in [1.82, 2.24) is 0 Å². The topological polar surface area (TPSA) is 29.5 Å². The zero-order valence-electron chi connectivity index (χ0n) is 26.5. The minimum absolute atomic E-state index is 0.542. The zero-order valence-corrected chi connectivity index (χ0v) is 26.5. The van der Waals surface area contributed by atoms with Gasteiger partial charge in [0.2, 0.25) is 0 Å². The van der Waals surface area contributed by atoms with Gasteiger partial charge in [0.15, 0.2) is 6.29 Å². The molecular formula is C36H72O2. The van der Waals surface area contributed by atoms with E-state index < -0.39 is 6.29 Å². The normalized spacial score (nSPS) is 12.6. The summed E-state index contributed by atoms with van der Waals surface area (Å²) in [5, 5.41) is 10.0. The van der Waals surface area contributed by atoms with Crippen LogP contribution in [0.15, 0.2) is 12.2 Å². The average molecular weight is 537 g/mol. The van der Waals surface area contributed by atoms with E-state index in [0.29, 0.717) is 0 Å². The molecule has 0 aliphatic carbocycles. The predicted molar refractivity (Wildman–Crippen MR) is 171 cm³/mol. The molecule has 0 heterocycles. The lowest BCUT2D eigenvalue weighted by Crippen LogP contribution is -2.12. The molecular weight excluding hydrogens is 464 g/mol. The maximum atomic E-state index is 10.0. The molecule has 0 amide bonds. The molecule has 228 valence electrons. The molecule has 0 aliphatic heterocycles. The average Bonchev–Trinajstić information content (AvgIpc) is 2.92. The minimum Gasteiger partial charge on any atom is -0.368 e. The van der Waals surface area contributed by atoms with Gasteiger partial charge in [0.05, 0.1) is 0 Å². The van der Waals surface area contributed by atoms with E-state index in [2.05, 4.69) is 26.0 Å². The molecule has 0 rings (SSSR count). The van der Waals surface area contributed by atoms with Crippen molar-refractivity contribution in [1.29, 1.82) is 0 Å². The molecule has 0 saturated carbocycles. The van der Waals surface area contributed by atoms with Gasteiger partial charge in [-0.1, -0.05) is 174 Å². The van der Waals surface area contributed by atoms with E-state index in [1.54, 1.807) is 0 Å². The maximum absolute atomic E-state index is 10.0. The molecule has 38 heavy (non-hydrogen) atoms. The molecule has 2 heteroatoms. The summed E-state index contributed by atoms with van der Waals surface area (Å²) >= 11 is 0. The van der Waals surface area contributed by atoms with Crippen LogP contribution in [-0.4, -0.2) is 18.0 Å². The van der Waals surface area contributed by atoms with Crippen LogP contribution in [0.2, 0.25) is 0 Å². The van der Waals surface area contributed by atoms with Gasteiger partial charge in [-0.25, -0.2) is 0 Å². The van der Waals surface area contributed by atoms with Gasteiger partial charge >= 0.3 is 0 Å². The lowest BCUT2D eigenvalue weighted by Gasteiger charge is -2.11. The van der Waals surface area contributed by atoms with Crippen molar-refractivity contribution in [2.75, 3.05) is 6.61 Å². The summed E-state index contributed by atoms with van der Waals surface area (Å²) < 4.78 is 5.63.